The first-order valence-electron chi connectivity index (χ1n) is 3.24. The molecule has 0 saturated heterocycles. The van der Waals surface area contributed by atoms with E-state index >= 15 is 0 Å². The molecule has 0 unspecified atom stereocenters. The van der Waals surface area contributed by atoms with E-state index in [1.54, 1.807) is 0 Å². The summed E-state index contributed by atoms with van der Waals surface area (Å²) in [6, 6.07) is 1.49. The van der Waals surface area contributed by atoms with Crippen molar-refractivity contribution in [3.63, 3.8) is 0 Å². The van der Waals surface area contributed by atoms with E-state index in [0.29, 0.717) is 5.75 Å². The topological polar surface area (TPSA) is 71.8 Å². The van der Waals surface area contributed by atoms with Gasteiger partial charge in [-0.15, -0.1) is 0 Å². The van der Waals surface area contributed by atoms with Gasteiger partial charge >= 0.3 is 7.32 Å². The highest BCUT2D eigenvalue weighted by Crippen LogP contribution is 2.16. The van der Waals surface area contributed by atoms with E-state index in [2.05, 4.69) is 9.64 Å². The smallest absolute Gasteiger partial charge is 0.511 e. The van der Waals surface area contributed by atoms with Crippen LogP contribution in [0.3, 0.4) is 0 Å². The van der Waals surface area contributed by atoms with Crippen LogP contribution in [0.5, 0.6) is 11.5 Å². The second-order valence-corrected chi connectivity index (χ2v) is 2.00. The lowest BCUT2D eigenvalue weighted by Crippen LogP contribution is -2.20. The molecule has 1 heterocycles. The Labute approximate surface area is 69.8 Å². The Kier molecular flexibility index (Phi) is 2.90. The standard InChI is InChI=1S/C6H8BNO4/c1-11-5-2-6(4-8-3-5)12-7(9)10/h2-4,9-10H,1H3. The van der Waals surface area contributed by atoms with Crippen LogP contribution in [0, 0.1) is 0 Å². The summed E-state index contributed by atoms with van der Waals surface area (Å²) >= 11 is 0. The highest BCUT2D eigenvalue weighted by Gasteiger charge is 2.11. The van der Waals surface area contributed by atoms with Crippen molar-refractivity contribution in [2.45, 2.75) is 0 Å². The molecule has 12 heavy (non-hydrogen) atoms. The predicted octanol–water partition coefficient (Wildman–Crippen LogP) is -0.562. The van der Waals surface area contributed by atoms with Gasteiger partial charge in [0.15, 0.2) is 0 Å². The molecular formula is C6H8BNO4. The minimum absolute atomic E-state index is 0.240. The van der Waals surface area contributed by atoms with Crippen LogP contribution in [-0.4, -0.2) is 29.5 Å². The van der Waals surface area contributed by atoms with Gasteiger partial charge < -0.3 is 19.4 Å². The summed E-state index contributed by atoms with van der Waals surface area (Å²) in [5.74, 6) is 0.734. The molecule has 1 aromatic rings. The van der Waals surface area contributed by atoms with Crippen LogP contribution in [0.25, 0.3) is 0 Å². The van der Waals surface area contributed by atoms with Crippen molar-refractivity contribution in [1.82, 2.24) is 4.98 Å². The number of pyridine rings is 1. The van der Waals surface area contributed by atoms with Gasteiger partial charge in [-0.05, 0) is 0 Å². The largest absolute Gasteiger partial charge is 0.707 e. The number of rotatable bonds is 3. The van der Waals surface area contributed by atoms with Crippen LogP contribution < -0.4 is 9.39 Å². The van der Waals surface area contributed by atoms with Gasteiger partial charge in [-0.3, -0.25) is 4.98 Å². The monoisotopic (exact) mass is 169 g/mol. The van der Waals surface area contributed by atoms with Gasteiger partial charge in [0.2, 0.25) is 0 Å². The van der Waals surface area contributed by atoms with Gasteiger partial charge in [-0.2, -0.15) is 0 Å². The molecule has 0 aliphatic carbocycles. The lowest BCUT2D eigenvalue weighted by Gasteiger charge is -2.04. The Balaban J connectivity index is 2.72. The third-order valence-electron chi connectivity index (χ3n) is 1.17. The van der Waals surface area contributed by atoms with Crippen molar-refractivity contribution < 1.29 is 19.4 Å². The first kappa shape index (κ1) is 8.83. The summed E-state index contributed by atoms with van der Waals surface area (Å²) in [5, 5.41) is 16.9. The van der Waals surface area contributed by atoms with Gasteiger partial charge in [-0.1, -0.05) is 0 Å². The van der Waals surface area contributed by atoms with E-state index in [-0.39, 0.29) is 5.75 Å². The summed E-state index contributed by atoms with van der Waals surface area (Å²) in [7, 11) is -0.352. The van der Waals surface area contributed by atoms with Crippen molar-refractivity contribution in [2.75, 3.05) is 7.11 Å². The fraction of sp³-hybridized carbons (Fsp3) is 0.167. The number of hydrogen-bond donors (Lipinski definition) is 2. The molecule has 0 atom stereocenters. The van der Waals surface area contributed by atoms with E-state index in [4.69, 9.17) is 14.8 Å². The molecular weight excluding hydrogens is 161 g/mol. The Morgan fingerprint density at radius 1 is 1.33 bits per heavy atom. The minimum atomic E-state index is -1.83. The summed E-state index contributed by atoms with van der Waals surface area (Å²) in [6.45, 7) is 0. The Morgan fingerprint density at radius 3 is 2.58 bits per heavy atom. The van der Waals surface area contributed by atoms with Gasteiger partial charge in [-0.25, -0.2) is 0 Å². The molecule has 0 radical (unpaired) electrons. The van der Waals surface area contributed by atoms with Crippen molar-refractivity contribution in [1.29, 1.82) is 0 Å². The third kappa shape index (κ3) is 2.41. The van der Waals surface area contributed by atoms with Crippen molar-refractivity contribution in [2.24, 2.45) is 0 Å². The Morgan fingerprint density at radius 2 is 2.00 bits per heavy atom. The van der Waals surface area contributed by atoms with Crippen LogP contribution in [0.2, 0.25) is 0 Å². The fourth-order valence-corrected chi connectivity index (χ4v) is 0.697. The number of ether oxygens (including phenoxy) is 1. The molecule has 1 aromatic heterocycles. The molecule has 0 aromatic carbocycles. The normalized spacial score (nSPS) is 9.25. The van der Waals surface area contributed by atoms with E-state index in [1.807, 2.05) is 0 Å². The van der Waals surface area contributed by atoms with E-state index in [1.165, 1.54) is 25.6 Å². The van der Waals surface area contributed by atoms with E-state index in [0.717, 1.165) is 0 Å². The van der Waals surface area contributed by atoms with Gasteiger partial charge in [0.25, 0.3) is 0 Å². The van der Waals surface area contributed by atoms with Gasteiger partial charge in [0.05, 0.1) is 19.5 Å². The van der Waals surface area contributed by atoms with E-state index in [9.17, 15) is 0 Å². The molecule has 6 heteroatoms. The molecule has 0 aliphatic heterocycles. The predicted molar refractivity (Wildman–Crippen MR) is 41.6 cm³/mol. The second kappa shape index (κ2) is 3.94. The number of hydrogen-bond acceptors (Lipinski definition) is 5. The lowest BCUT2D eigenvalue weighted by atomic mass is 10.2. The molecule has 0 spiro atoms. The summed E-state index contributed by atoms with van der Waals surface area (Å²) < 4.78 is 9.36. The zero-order valence-electron chi connectivity index (χ0n) is 6.47. The Bertz CT molecular complexity index is 255. The van der Waals surface area contributed by atoms with E-state index < -0.39 is 7.32 Å². The molecule has 1 rings (SSSR count). The van der Waals surface area contributed by atoms with Crippen molar-refractivity contribution in [3.8, 4) is 11.5 Å². The molecule has 0 saturated carbocycles. The first-order chi connectivity index (χ1) is 5.72. The second-order valence-electron chi connectivity index (χ2n) is 2.00. The number of methoxy groups -OCH3 is 1. The van der Waals surface area contributed by atoms with Crippen molar-refractivity contribution in [3.05, 3.63) is 18.5 Å². The van der Waals surface area contributed by atoms with Gasteiger partial charge in [0, 0.05) is 6.07 Å². The lowest BCUT2D eigenvalue weighted by molar-refractivity contribution is 0.287. The van der Waals surface area contributed by atoms with Crippen LogP contribution in [0.4, 0.5) is 0 Å². The highest BCUT2D eigenvalue weighted by atomic mass is 16.6. The third-order valence-corrected chi connectivity index (χ3v) is 1.17. The average Bonchev–Trinajstić information content (AvgIpc) is 2.03. The van der Waals surface area contributed by atoms with Crippen LogP contribution in [-0.2, 0) is 0 Å². The fourth-order valence-electron chi connectivity index (χ4n) is 0.697. The zero-order valence-corrected chi connectivity index (χ0v) is 6.47. The summed E-state index contributed by atoms with van der Waals surface area (Å²) in [5.41, 5.74) is 0. The molecule has 0 bridgehead atoms. The molecule has 2 N–H and O–H groups in total. The van der Waals surface area contributed by atoms with Gasteiger partial charge in [0.1, 0.15) is 11.5 Å². The average molecular weight is 169 g/mol. The maximum Gasteiger partial charge on any atom is 0.707 e. The quantitative estimate of drug-likeness (QED) is 0.593. The maximum absolute atomic E-state index is 8.43. The molecule has 0 amide bonds. The summed E-state index contributed by atoms with van der Waals surface area (Å²) in [6.07, 6.45) is 2.83. The SMILES string of the molecule is COc1cncc(OB(O)O)c1. The number of nitrogens with zero attached hydrogens (tertiary/aromatic N) is 1. The molecule has 0 fully saturated rings. The number of aromatic nitrogens is 1. The molecule has 5 nitrogen and oxygen atoms in total. The molecule has 64 valence electrons. The summed E-state index contributed by atoms with van der Waals surface area (Å²) in [4.78, 5) is 3.74. The zero-order chi connectivity index (χ0) is 8.97. The van der Waals surface area contributed by atoms with Crippen LogP contribution in [0.1, 0.15) is 0 Å². The highest BCUT2D eigenvalue weighted by molar-refractivity contribution is 6.33. The maximum atomic E-state index is 8.43. The Hall–Kier alpha value is -1.27. The van der Waals surface area contributed by atoms with Crippen LogP contribution in [0.15, 0.2) is 18.5 Å². The molecule has 0 aliphatic rings. The minimum Gasteiger partial charge on any atom is -0.511 e. The van der Waals surface area contributed by atoms with Crippen molar-refractivity contribution >= 4 is 7.32 Å². The first-order valence-corrected chi connectivity index (χ1v) is 3.24. The van der Waals surface area contributed by atoms with Crippen LogP contribution >= 0.6 is 0 Å².